The van der Waals surface area contributed by atoms with Gasteiger partial charge in [0.05, 0.1) is 15.5 Å². The van der Waals surface area contributed by atoms with Crippen LogP contribution in [0.25, 0.3) is 0 Å². The van der Waals surface area contributed by atoms with Crippen molar-refractivity contribution in [3.63, 3.8) is 0 Å². The zero-order valence-electron chi connectivity index (χ0n) is 13.6. The van der Waals surface area contributed by atoms with Gasteiger partial charge in [0.25, 0.3) is 11.6 Å². The maximum absolute atomic E-state index is 12.4. The van der Waals surface area contributed by atoms with Crippen molar-refractivity contribution in [2.24, 2.45) is 0 Å². The second kappa shape index (κ2) is 7.53. The molecule has 0 aromatic heterocycles. The number of nitrogens with zero attached hydrogens (tertiary/aromatic N) is 2. The van der Waals surface area contributed by atoms with Crippen LogP contribution in [0, 0.1) is 10.1 Å². The first-order valence-electron chi connectivity index (χ1n) is 8.15. The Morgan fingerprint density at radius 1 is 1.08 bits per heavy atom. The predicted molar refractivity (Wildman–Crippen MR) is 98.6 cm³/mol. The van der Waals surface area contributed by atoms with Gasteiger partial charge in [-0.1, -0.05) is 11.6 Å². The molecule has 2 aromatic carbocycles. The van der Waals surface area contributed by atoms with Crippen molar-refractivity contribution >= 4 is 34.6 Å². The molecular weight excluding hydrogens is 342 g/mol. The van der Waals surface area contributed by atoms with Crippen LogP contribution >= 0.6 is 11.6 Å². The Bertz CT molecular complexity index is 787. The van der Waals surface area contributed by atoms with Crippen LogP contribution in [0.1, 0.15) is 29.6 Å². The Morgan fingerprint density at radius 2 is 1.76 bits per heavy atom. The summed E-state index contributed by atoms with van der Waals surface area (Å²) in [5.41, 5.74) is 1.66. The number of nitro groups is 1. The second-order valence-corrected chi connectivity index (χ2v) is 6.38. The average molecular weight is 360 g/mol. The molecule has 25 heavy (non-hydrogen) atoms. The molecule has 3 rings (SSSR count). The summed E-state index contributed by atoms with van der Waals surface area (Å²) >= 11 is 6.00. The van der Waals surface area contributed by atoms with E-state index in [4.69, 9.17) is 11.6 Å². The topological polar surface area (TPSA) is 75.5 Å². The first-order valence-corrected chi connectivity index (χ1v) is 8.53. The zero-order chi connectivity index (χ0) is 17.8. The highest BCUT2D eigenvalue weighted by Crippen LogP contribution is 2.25. The Balaban J connectivity index is 1.72. The highest BCUT2D eigenvalue weighted by molar-refractivity contribution is 6.34. The fourth-order valence-corrected chi connectivity index (χ4v) is 3.11. The molecule has 0 unspecified atom stereocenters. The van der Waals surface area contributed by atoms with Crippen LogP contribution in [0.15, 0.2) is 42.5 Å². The van der Waals surface area contributed by atoms with Gasteiger partial charge in [0, 0.05) is 36.6 Å². The molecule has 0 aliphatic carbocycles. The standard InChI is InChI=1S/C18H18ClN3O3/c19-17-9-8-15(22(24)25)12-16(17)18(23)20-13-4-6-14(7-5-13)21-10-2-1-3-11-21/h4-9,12H,1-3,10-11H2,(H,20,23). The van der Waals surface area contributed by atoms with E-state index in [1.807, 2.05) is 24.3 Å². The normalized spacial score (nSPS) is 14.2. The third kappa shape index (κ3) is 4.09. The average Bonchev–Trinajstić information content (AvgIpc) is 2.63. The van der Waals surface area contributed by atoms with Crippen molar-refractivity contribution < 1.29 is 9.72 Å². The van der Waals surface area contributed by atoms with Crippen LogP contribution in [0.5, 0.6) is 0 Å². The summed E-state index contributed by atoms with van der Waals surface area (Å²) < 4.78 is 0. The van der Waals surface area contributed by atoms with Crippen molar-refractivity contribution in [1.82, 2.24) is 0 Å². The Kier molecular flexibility index (Phi) is 5.19. The molecule has 1 saturated heterocycles. The number of rotatable bonds is 4. The van der Waals surface area contributed by atoms with Gasteiger partial charge >= 0.3 is 0 Å². The van der Waals surface area contributed by atoms with Gasteiger partial charge in [-0.2, -0.15) is 0 Å². The lowest BCUT2D eigenvalue weighted by Gasteiger charge is -2.28. The molecule has 1 amide bonds. The number of nitro benzene ring substituents is 1. The van der Waals surface area contributed by atoms with Crippen LogP contribution in [0.4, 0.5) is 17.1 Å². The van der Waals surface area contributed by atoms with Crippen molar-refractivity contribution in [2.75, 3.05) is 23.3 Å². The van der Waals surface area contributed by atoms with E-state index in [1.165, 1.54) is 37.5 Å². The Labute approximate surface area is 150 Å². The number of benzene rings is 2. The molecule has 1 aliphatic heterocycles. The lowest BCUT2D eigenvalue weighted by Crippen LogP contribution is -2.29. The molecular formula is C18H18ClN3O3. The van der Waals surface area contributed by atoms with Crippen LogP contribution in [0.3, 0.4) is 0 Å². The monoisotopic (exact) mass is 359 g/mol. The van der Waals surface area contributed by atoms with Gasteiger partial charge < -0.3 is 10.2 Å². The number of piperidine rings is 1. The van der Waals surface area contributed by atoms with Crippen molar-refractivity contribution in [3.8, 4) is 0 Å². The number of non-ortho nitro benzene ring substituents is 1. The number of anilines is 2. The van der Waals surface area contributed by atoms with Gasteiger partial charge in [-0.3, -0.25) is 14.9 Å². The summed E-state index contributed by atoms with van der Waals surface area (Å²) in [4.78, 5) is 25.0. The van der Waals surface area contributed by atoms with E-state index in [0.717, 1.165) is 18.8 Å². The van der Waals surface area contributed by atoms with E-state index in [-0.39, 0.29) is 16.3 Å². The van der Waals surface area contributed by atoms with Gasteiger partial charge in [-0.25, -0.2) is 0 Å². The van der Waals surface area contributed by atoms with Crippen LogP contribution in [-0.2, 0) is 0 Å². The fraction of sp³-hybridized carbons (Fsp3) is 0.278. The molecule has 1 aliphatic rings. The van der Waals surface area contributed by atoms with Crippen molar-refractivity contribution in [3.05, 3.63) is 63.2 Å². The van der Waals surface area contributed by atoms with Gasteiger partial charge in [-0.05, 0) is 49.6 Å². The maximum Gasteiger partial charge on any atom is 0.270 e. The highest BCUT2D eigenvalue weighted by Gasteiger charge is 2.16. The third-order valence-electron chi connectivity index (χ3n) is 4.25. The Hall–Kier alpha value is -2.60. The number of carbonyl (C=O) groups excluding carboxylic acids is 1. The minimum atomic E-state index is -0.555. The molecule has 1 N–H and O–H groups in total. The quantitative estimate of drug-likeness (QED) is 0.644. The van der Waals surface area contributed by atoms with Gasteiger partial charge in [-0.15, -0.1) is 0 Å². The SMILES string of the molecule is O=C(Nc1ccc(N2CCCCC2)cc1)c1cc([N+](=O)[O-])ccc1Cl. The molecule has 130 valence electrons. The summed E-state index contributed by atoms with van der Waals surface area (Å²) in [6, 6.07) is 11.4. The van der Waals surface area contributed by atoms with Crippen molar-refractivity contribution in [2.45, 2.75) is 19.3 Å². The molecule has 0 radical (unpaired) electrons. The smallest absolute Gasteiger partial charge is 0.270 e. The molecule has 0 spiro atoms. The minimum Gasteiger partial charge on any atom is -0.372 e. The minimum absolute atomic E-state index is 0.0796. The van der Waals surface area contributed by atoms with E-state index in [9.17, 15) is 14.9 Å². The van der Waals surface area contributed by atoms with Gasteiger partial charge in [0.15, 0.2) is 0 Å². The predicted octanol–water partition coefficient (Wildman–Crippen LogP) is 4.49. The van der Waals surface area contributed by atoms with E-state index < -0.39 is 10.8 Å². The van der Waals surface area contributed by atoms with Crippen molar-refractivity contribution in [1.29, 1.82) is 0 Å². The molecule has 0 bridgehead atoms. The van der Waals surface area contributed by atoms with E-state index in [0.29, 0.717) is 5.69 Å². The lowest BCUT2D eigenvalue weighted by atomic mass is 10.1. The number of carbonyl (C=O) groups is 1. The molecule has 1 fully saturated rings. The summed E-state index contributed by atoms with van der Waals surface area (Å²) in [7, 11) is 0. The zero-order valence-corrected chi connectivity index (χ0v) is 14.3. The van der Waals surface area contributed by atoms with E-state index >= 15 is 0 Å². The first kappa shape index (κ1) is 17.2. The Morgan fingerprint density at radius 3 is 2.40 bits per heavy atom. The van der Waals surface area contributed by atoms with Gasteiger partial charge in [0.2, 0.25) is 0 Å². The van der Waals surface area contributed by atoms with Gasteiger partial charge in [0.1, 0.15) is 0 Å². The summed E-state index contributed by atoms with van der Waals surface area (Å²) in [5.74, 6) is -0.473. The largest absolute Gasteiger partial charge is 0.372 e. The first-order chi connectivity index (χ1) is 12.0. The number of hydrogen-bond acceptors (Lipinski definition) is 4. The van der Waals surface area contributed by atoms with Crippen LogP contribution in [-0.4, -0.2) is 23.9 Å². The summed E-state index contributed by atoms with van der Waals surface area (Å²) in [6.45, 7) is 2.10. The van der Waals surface area contributed by atoms with E-state index in [1.54, 1.807) is 0 Å². The summed E-state index contributed by atoms with van der Waals surface area (Å²) in [5, 5.41) is 13.8. The second-order valence-electron chi connectivity index (χ2n) is 5.97. The fourth-order valence-electron chi connectivity index (χ4n) is 2.91. The molecule has 0 atom stereocenters. The molecule has 1 heterocycles. The number of amides is 1. The molecule has 6 nitrogen and oxygen atoms in total. The highest BCUT2D eigenvalue weighted by atomic mass is 35.5. The molecule has 0 saturated carbocycles. The summed E-state index contributed by atoms with van der Waals surface area (Å²) in [6.07, 6.45) is 3.67. The molecule has 7 heteroatoms. The lowest BCUT2D eigenvalue weighted by molar-refractivity contribution is -0.384. The number of hydrogen-bond donors (Lipinski definition) is 1. The number of nitrogens with one attached hydrogen (secondary N) is 1. The van der Waals surface area contributed by atoms with Crippen LogP contribution < -0.4 is 10.2 Å². The van der Waals surface area contributed by atoms with Crippen LogP contribution in [0.2, 0.25) is 5.02 Å². The number of halogens is 1. The van der Waals surface area contributed by atoms with E-state index in [2.05, 4.69) is 10.2 Å². The third-order valence-corrected chi connectivity index (χ3v) is 4.58. The maximum atomic E-state index is 12.4. The molecule has 2 aromatic rings.